The molecule has 0 saturated heterocycles. The number of aryl methyl sites for hydroxylation is 2. The molecule has 4 heteroatoms. The highest BCUT2D eigenvalue weighted by atomic mass is 127. The van der Waals surface area contributed by atoms with E-state index in [9.17, 15) is 4.79 Å². The molecule has 78 valence electrons. The molecule has 0 spiro atoms. The normalized spacial score (nSPS) is 10.9. The summed E-state index contributed by atoms with van der Waals surface area (Å²) < 4.78 is 7.45. The van der Waals surface area contributed by atoms with Gasteiger partial charge in [-0.25, -0.2) is 4.79 Å². The smallest absolute Gasteiger partial charge is 0.339 e. The van der Waals surface area contributed by atoms with E-state index in [0.717, 1.165) is 12.5 Å². The molecular formula is C11H8I2O2. The first-order valence-corrected chi connectivity index (χ1v) is 6.55. The van der Waals surface area contributed by atoms with Gasteiger partial charge in [-0.1, -0.05) is 0 Å². The average Bonchev–Trinajstić information content (AvgIpc) is 2.19. The lowest BCUT2D eigenvalue weighted by Crippen LogP contribution is -2.03. The fourth-order valence-electron chi connectivity index (χ4n) is 1.44. The highest BCUT2D eigenvalue weighted by Crippen LogP contribution is 2.27. The fraction of sp³-hybridized carbons (Fsp3) is 0.182. The van der Waals surface area contributed by atoms with Crippen molar-refractivity contribution in [3.63, 3.8) is 0 Å². The third-order valence-corrected chi connectivity index (χ3v) is 5.71. The summed E-state index contributed by atoms with van der Waals surface area (Å²) in [6, 6.07) is 3.93. The van der Waals surface area contributed by atoms with Crippen LogP contribution in [0.5, 0.6) is 0 Å². The van der Waals surface area contributed by atoms with Crippen LogP contribution in [0.25, 0.3) is 11.0 Å². The number of benzene rings is 1. The van der Waals surface area contributed by atoms with E-state index in [-0.39, 0.29) is 5.63 Å². The molecule has 0 unspecified atom stereocenters. The van der Waals surface area contributed by atoms with Crippen LogP contribution in [0.1, 0.15) is 11.1 Å². The molecule has 0 aliphatic rings. The molecular weight excluding hydrogens is 418 g/mol. The van der Waals surface area contributed by atoms with Gasteiger partial charge < -0.3 is 4.42 Å². The first-order chi connectivity index (χ1) is 7.00. The van der Waals surface area contributed by atoms with Crippen LogP contribution < -0.4 is 5.63 Å². The van der Waals surface area contributed by atoms with Gasteiger partial charge in [0.2, 0.25) is 0 Å². The number of rotatable bonds is 0. The summed E-state index contributed by atoms with van der Waals surface area (Å²) in [5.41, 5.74) is 2.31. The number of halogens is 2. The first kappa shape index (κ1) is 11.4. The maximum atomic E-state index is 11.4. The molecule has 0 atom stereocenters. The molecule has 2 aromatic rings. The van der Waals surface area contributed by atoms with Crippen molar-refractivity contribution < 1.29 is 4.42 Å². The molecule has 0 aliphatic heterocycles. The fourth-order valence-corrected chi connectivity index (χ4v) is 2.69. The van der Waals surface area contributed by atoms with Gasteiger partial charge in [0.15, 0.2) is 5.58 Å². The molecule has 15 heavy (non-hydrogen) atoms. The van der Waals surface area contributed by atoms with E-state index in [2.05, 4.69) is 58.2 Å². The topological polar surface area (TPSA) is 30.2 Å². The summed E-state index contributed by atoms with van der Waals surface area (Å²) in [6.45, 7) is 3.83. The monoisotopic (exact) mass is 426 g/mol. The summed E-state index contributed by atoms with van der Waals surface area (Å²) >= 11 is 4.48. The zero-order chi connectivity index (χ0) is 11.2. The van der Waals surface area contributed by atoms with E-state index in [1.54, 1.807) is 6.92 Å². The zero-order valence-electron chi connectivity index (χ0n) is 8.23. The van der Waals surface area contributed by atoms with Crippen molar-refractivity contribution >= 4 is 56.2 Å². The van der Waals surface area contributed by atoms with Crippen LogP contribution in [0, 0.1) is 21.0 Å². The lowest BCUT2D eigenvalue weighted by molar-refractivity contribution is 0.553. The third kappa shape index (κ3) is 1.93. The van der Waals surface area contributed by atoms with Crippen LogP contribution in [0.2, 0.25) is 0 Å². The van der Waals surface area contributed by atoms with Crippen molar-refractivity contribution in [3.05, 3.63) is 40.8 Å². The molecule has 1 aromatic carbocycles. The van der Waals surface area contributed by atoms with Gasteiger partial charge in [-0.15, -0.1) is 0 Å². The Morgan fingerprint density at radius 1 is 1.07 bits per heavy atom. The second kappa shape index (κ2) is 4.04. The number of hydrogen-bond donors (Lipinski definition) is 0. The van der Waals surface area contributed by atoms with Gasteiger partial charge in [-0.05, 0) is 76.7 Å². The molecule has 0 N–H and O–H groups in total. The second-order valence-corrected chi connectivity index (χ2v) is 5.61. The molecule has 0 aliphatic carbocycles. The molecule has 2 rings (SSSR count). The maximum Gasteiger partial charge on any atom is 0.339 e. The first-order valence-electron chi connectivity index (χ1n) is 4.40. The van der Waals surface area contributed by atoms with Gasteiger partial charge in [0, 0.05) is 14.5 Å². The van der Waals surface area contributed by atoms with E-state index < -0.39 is 0 Å². The predicted molar refractivity (Wildman–Crippen MR) is 77.4 cm³/mol. The Morgan fingerprint density at radius 2 is 1.67 bits per heavy atom. The Balaban J connectivity index is 3.00. The Morgan fingerprint density at radius 3 is 2.33 bits per heavy atom. The van der Waals surface area contributed by atoms with E-state index in [4.69, 9.17) is 4.42 Å². The summed E-state index contributed by atoms with van der Waals surface area (Å²) in [5.74, 6) is 0. The Hall–Kier alpha value is -0.110. The lowest BCUT2D eigenvalue weighted by atomic mass is 10.1. The lowest BCUT2D eigenvalue weighted by Gasteiger charge is -2.05. The van der Waals surface area contributed by atoms with Gasteiger partial charge in [0.05, 0.1) is 3.57 Å². The minimum atomic E-state index is -0.250. The van der Waals surface area contributed by atoms with Crippen molar-refractivity contribution in [1.29, 1.82) is 0 Å². The number of hydrogen-bond acceptors (Lipinski definition) is 2. The van der Waals surface area contributed by atoms with Gasteiger partial charge in [-0.2, -0.15) is 0 Å². The maximum absolute atomic E-state index is 11.4. The van der Waals surface area contributed by atoms with Gasteiger partial charge in [0.1, 0.15) is 0 Å². The van der Waals surface area contributed by atoms with Gasteiger partial charge >= 0.3 is 5.63 Å². The average molecular weight is 426 g/mol. The number of fused-ring (bicyclic) bond motifs is 1. The minimum Gasteiger partial charge on any atom is -0.421 e. The Bertz CT molecular complexity index is 600. The quantitative estimate of drug-likeness (QED) is 0.476. The molecule has 2 nitrogen and oxygen atoms in total. The van der Waals surface area contributed by atoms with Crippen LogP contribution >= 0.6 is 45.2 Å². The van der Waals surface area contributed by atoms with E-state index in [0.29, 0.717) is 11.1 Å². The summed E-state index contributed by atoms with van der Waals surface area (Å²) in [5, 5.41) is 0.995. The van der Waals surface area contributed by atoms with Crippen LogP contribution in [0.3, 0.4) is 0 Å². The van der Waals surface area contributed by atoms with E-state index in [1.165, 1.54) is 5.56 Å². The van der Waals surface area contributed by atoms with Crippen LogP contribution in [0.4, 0.5) is 0 Å². The zero-order valence-corrected chi connectivity index (χ0v) is 12.5. The highest BCUT2D eigenvalue weighted by Gasteiger charge is 2.10. The van der Waals surface area contributed by atoms with Crippen LogP contribution in [-0.2, 0) is 0 Å². The van der Waals surface area contributed by atoms with Crippen molar-refractivity contribution in [2.24, 2.45) is 0 Å². The van der Waals surface area contributed by atoms with E-state index >= 15 is 0 Å². The molecule has 0 saturated carbocycles. The Kier molecular flexibility index (Phi) is 3.07. The standard InChI is InChI=1S/C11H8I2O2/c1-5-3-7-4-6(2)11(14)15-10(7)9(13)8(5)12/h3-4H,1-2H3. The predicted octanol–water partition coefficient (Wildman–Crippen LogP) is 3.62. The second-order valence-electron chi connectivity index (χ2n) is 3.46. The Labute approximate surface area is 114 Å². The summed E-state index contributed by atoms with van der Waals surface area (Å²) in [6.07, 6.45) is 0. The SMILES string of the molecule is Cc1cc2cc(C)c(=O)oc2c(I)c1I. The molecule has 0 amide bonds. The largest absolute Gasteiger partial charge is 0.421 e. The van der Waals surface area contributed by atoms with Crippen molar-refractivity contribution in [3.8, 4) is 0 Å². The van der Waals surface area contributed by atoms with Crippen molar-refractivity contribution in [2.45, 2.75) is 13.8 Å². The summed E-state index contributed by atoms with van der Waals surface area (Å²) in [7, 11) is 0. The third-order valence-electron chi connectivity index (χ3n) is 2.26. The van der Waals surface area contributed by atoms with Gasteiger partial charge in [0.25, 0.3) is 0 Å². The van der Waals surface area contributed by atoms with Crippen molar-refractivity contribution in [2.75, 3.05) is 0 Å². The van der Waals surface area contributed by atoms with Gasteiger partial charge in [-0.3, -0.25) is 0 Å². The van der Waals surface area contributed by atoms with Crippen molar-refractivity contribution in [1.82, 2.24) is 0 Å². The summed E-state index contributed by atoms with van der Waals surface area (Å²) in [4.78, 5) is 11.4. The molecule has 1 aromatic heterocycles. The van der Waals surface area contributed by atoms with Crippen LogP contribution in [0.15, 0.2) is 21.3 Å². The minimum absolute atomic E-state index is 0.250. The van der Waals surface area contributed by atoms with E-state index in [1.807, 2.05) is 6.07 Å². The molecule has 1 heterocycles. The highest BCUT2D eigenvalue weighted by molar-refractivity contribution is 14.1. The molecule has 0 bridgehead atoms. The van der Waals surface area contributed by atoms with Crippen LogP contribution in [-0.4, -0.2) is 0 Å². The molecule has 0 radical (unpaired) electrons. The molecule has 0 fully saturated rings.